The topological polar surface area (TPSA) is 25.8 Å². The lowest BCUT2D eigenvalue weighted by atomic mass is 9.66. The molecule has 0 saturated heterocycles. The molecule has 0 unspecified atom stereocenters. The second-order valence-corrected chi connectivity index (χ2v) is 9.31. The van der Waals surface area contributed by atoms with Crippen LogP contribution >= 0.6 is 0 Å². The average Bonchev–Trinajstić information content (AvgIpc) is 3.21. The first kappa shape index (κ1) is 17.1. The molecule has 2 aliphatic carbocycles. The van der Waals surface area contributed by atoms with Gasteiger partial charge < -0.3 is 0 Å². The monoisotopic (exact) mass is 378 g/mol. The van der Waals surface area contributed by atoms with Crippen LogP contribution in [-0.2, 0) is 11.8 Å². The minimum absolute atomic E-state index is 0.0943. The third-order valence-corrected chi connectivity index (χ3v) is 7.09. The van der Waals surface area contributed by atoms with Gasteiger partial charge in [-0.25, -0.2) is 4.98 Å². The van der Waals surface area contributed by atoms with Crippen LogP contribution in [0.25, 0.3) is 33.1 Å². The van der Waals surface area contributed by atoms with Crippen molar-refractivity contribution < 1.29 is 0 Å². The molecule has 6 rings (SSSR count). The van der Waals surface area contributed by atoms with Crippen molar-refractivity contribution in [2.75, 3.05) is 0 Å². The Morgan fingerprint density at radius 2 is 1.72 bits per heavy atom. The fourth-order valence-electron chi connectivity index (χ4n) is 5.91. The fraction of sp³-hybridized carbons (Fsp3) is 0.333. The van der Waals surface area contributed by atoms with Crippen molar-refractivity contribution in [3.63, 3.8) is 0 Å². The van der Waals surface area contributed by atoms with E-state index in [9.17, 15) is 0 Å². The summed E-state index contributed by atoms with van der Waals surface area (Å²) in [5.74, 6) is 0.637. The Hall–Kier alpha value is -2.74. The van der Waals surface area contributed by atoms with Gasteiger partial charge in [0.1, 0.15) is 0 Å². The third-order valence-electron chi connectivity index (χ3n) is 7.09. The van der Waals surface area contributed by atoms with E-state index in [-0.39, 0.29) is 5.41 Å². The predicted molar refractivity (Wildman–Crippen MR) is 120 cm³/mol. The lowest BCUT2D eigenvalue weighted by Gasteiger charge is -2.37. The SMILES string of the molecule is CC(C)Cc1cccc2nc3c(cc12)C1(CCCC1)c1cccc2nccc-3c12. The summed E-state index contributed by atoms with van der Waals surface area (Å²) in [6.07, 6.45) is 8.05. The molecule has 2 aromatic heterocycles. The highest BCUT2D eigenvalue weighted by Gasteiger charge is 2.44. The van der Waals surface area contributed by atoms with Crippen LogP contribution in [0.1, 0.15) is 56.2 Å². The fourth-order valence-corrected chi connectivity index (χ4v) is 5.91. The summed E-state index contributed by atoms with van der Waals surface area (Å²) in [4.78, 5) is 9.99. The summed E-state index contributed by atoms with van der Waals surface area (Å²) in [6, 6.07) is 18.0. The highest BCUT2D eigenvalue weighted by atomic mass is 14.7. The van der Waals surface area contributed by atoms with Crippen molar-refractivity contribution in [1.29, 1.82) is 0 Å². The Morgan fingerprint density at radius 3 is 2.55 bits per heavy atom. The predicted octanol–water partition coefficient (Wildman–Crippen LogP) is 6.82. The molecule has 2 heterocycles. The number of aromatic nitrogens is 2. The average molecular weight is 379 g/mol. The number of rotatable bonds is 2. The Kier molecular flexibility index (Phi) is 3.62. The first-order valence-electron chi connectivity index (χ1n) is 11.0. The zero-order valence-corrected chi connectivity index (χ0v) is 17.2. The highest BCUT2D eigenvalue weighted by Crippen LogP contribution is 2.55. The van der Waals surface area contributed by atoms with Gasteiger partial charge in [-0.1, -0.05) is 51.0 Å². The molecule has 4 aromatic rings. The molecular weight excluding hydrogens is 352 g/mol. The molecule has 144 valence electrons. The van der Waals surface area contributed by atoms with Gasteiger partial charge in [-0.3, -0.25) is 4.98 Å². The molecule has 1 fully saturated rings. The molecule has 0 amide bonds. The number of fused-ring (bicyclic) bond motifs is 5. The molecule has 0 radical (unpaired) electrons. The van der Waals surface area contributed by atoms with E-state index in [4.69, 9.17) is 9.97 Å². The largest absolute Gasteiger partial charge is 0.256 e. The Bertz CT molecular complexity index is 1260. The van der Waals surface area contributed by atoms with E-state index in [0.29, 0.717) is 5.92 Å². The molecule has 2 aromatic carbocycles. The van der Waals surface area contributed by atoms with Gasteiger partial charge >= 0.3 is 0 Å². The zero-order chi connectivity index (χ0) is 19.6. The maximum Gasteiger partial charge on any atom is 0.0758 e. The van der Waals surface area contributed by atoms with Crippen molar-refractivity contribution in [2.45, 2.75) is 51.4 Å². The van der Waals surface area contributed by atoms with Gasteiger partial charge in [-0.05, 0) is 66.1 Å². The molecule has 1 saturated carbocycles. The van der Waals surface area contributed by atoms with Crippen molar-refractivity contribution in [1.82, 2.24) is 9.97 Å². The van der Waals surface area contributed by atoms with E-state index in [1.165, 1.54) is 64.4 Å². The Balaban J connectivity index is 1.74. The lowest BCUT2D eigenvalue weighted by molar-refractivity contribution is 0.537. The van der Waals surface area contributed by atoms with Crippen molar-refractivity contribution in [3.8, 4) is 11.3 Å². The van der Waals surface area contributed by atoms with Crippen LogP contribution in [0.15, 0.2) is 54.7 Å². The molecule has 29 heavy (non-hydrogen) atoms. The highest BCUT2D eigenvalue weighted by molar-refractivity contribution is 6.02. The van der Waals surface area contributed by atoms with Crippen LogP contribution in [-0.4, -0.2) is 9.97 Å². The summed E-state index contributed by atoms with van der Waals surface area (Å²) >= 11 is 0. The maximum absolute atomic E-state index is 5.30. The van der Waals surface area contributed by atoms with Crippen LogP contribution < -0.4 is 0 Å². The number of nitrogens with zero attached hydrogens (tertiary/aromatic N) is 2. The first-order chi connectivity index (χ1) is 14.2. The van der Waals surface area contributed by atoms with Gasteiger partial charge in [0, 0.05) is 27.9 Å². The number of pyridine rings is 2. The molecule has 2 heteroatoms. The van der Waals surface area contributed by atoms with Gasteiger partial charge in [0.05, 0.1) is 16.7 Å². The van der Waals surface area contributed by atoms with E-state index >= 15 is 0 Å². The molecule has 0 atom stereocenters. The summed E-state index contributed by atoms with van der Waals surface area (Å²) < 4.78 is 0. The normalized spacial score (nSPS) is 16.8. The minimum Gasteiger partial charge on any atom is -0.256 e. The lowest BCUT2D eigenvalue weighted by Crippen LogP contribution is -2.28. The van der Waals surface area contributed by atoms with E-state index < -0.39 is 0 Å². The van der Waals surface area contributed by atoms with E-state index in [1.54, 1.807) is 0 Å². The summed E-state index contributed by atoms with van der Waals surface area (Å²) in [5.41, 5.74) is 9.13. The maximum atomic E-state index is 5.30. The van der Waals surface area contributed by atoms with Crippen molar-refractivity contribution in [2.24, 2.45) is 5.92 Å². The van der Waals surface area contributed by atoms with E-state index in [2.05, 4.69) is 62.4 Å². The minimum atomic E-state index is 0.0943. The third kappa shape index (κ3) is 2.35. The summed E-state index contributed by atoms with van der Waals surface area (Å²) in [5, 5.41) is 2.67. The number of hydrogen-bond acceptors (Lipinski definition) is 2. The van der Waals surface area contributed by atoms with Crippen LogP contribution in [0, 0.1) is 5.92 Å². The quantitative estimate of drug-likeness (QED) is 0.382. The molecule has 0 N–H and O–H groups in total. The molecular formula is C27H26N2. The van der Waals surface area contributed by atoms with Crippen molar-refractivity contribution >= 4 is 21.8 Å². The summed E-state index contributed by atoms with van der Waals surface area (Å²) in [6.45, 7) is 4.60. The van der Waals surface area contributed by atoms with Crippen LogP contribution in [0.3, 0.4) is 0 Å². The van der Waals surface area contributed by atoms with Gasteiger partial charge in [-0.2, -0.15) is 0 Å². The molecule has 2 nitrogen and oxygen atoms in total. The molecule has 2 aliphatic rings. The second-order valence-electron chi connectivity index (χ2n) is 9.31. The smallest absolute Gasteiger partial charge is 0.0758 e. The second kappa shape index (κ2) is 6.13. The van der Waals surface area contributed by atoms with E-state index in [1.807, 2.05) is 6.20 Å². The van der Waals surface area contributed by atoms with Gasteiger partial charge in [0.25, 0.3) is 0 Å². The van der Waals surface area contributed by atoms with Crippen LogP contribution in [0.2, 0.25) is 0 Å². The number of hydrogen-bond donors (Lipinski definition) is 0. The van der Waals surface area contributed by atoms with E-state index in [0.717, 1.165) is 17.5 Å². The van der Waals surface area contributed by atoms with Crippen LogP contribution in [0.5, 0.6) is 0 Å². The molecule has 0 bridgehead atoms. The molecule has 0 aliphatic heterocycles. The standard InChI is InChI=1S/C27H26N2/c1-17(2)15-18-7-5-9-23-20(18)16-22-26(29-23)19-11-14-28-24-10-6-8-21(25(19)24)27(22)12-3-4-13-27/h5-11,14,16-17H,3-4,12-13,15H2,1-2H3. The molecule has 1 spiro atoms. The van der Waals surface area contributed by atoms with Crippen molar-refractivity contribution in [3.05, 3.63) is 71.4 Å². The van der Waals surface area contributed by atoms with Gasteiger partial charge in [0.15, 0.2) is 0 Å². The van der Waals surface area contributed by atoms with Crippen LogP contribution in [0.4, 0.5) is 0 Å². The summed E-state index contributed by atoms with van der Waals surface area (Å²) in [7, 11) is 0. The zero-order valence-electron chi connectivity index (χ0n) is 17.2. The Labute approximate surface area is 172 Å². The van der Waals surface area contributed by atoms with Gasteiger partial charge in [-0.15, -0.1) is 0 Å². The Morgan fingerprint density at radius 1 is 0.931 bits per heavy atom. The number of benzene rings is 2. The van der Waals surface area contributed by atoms with Gasteiger partial charge in [0.2, 0.25) is 0 Å². The first-order valence-corrected chi connectivity index (χ1v) is 11.0.